The predicted molar refractivity (Wildman–Crippen MR) is 75.4 cm³/mol. The van der Waals surface area contributed by atoms with Gasteiger partial charge in [-0.3, -0.25) is 0 Å². The van der Waals surface area contributed by atoms with Crippen molar-refractivity contribution in [2.24, 2.45) is 5.92 Å². The van der Waals surface area contributed by atoms with E-state index in [0.717, 1.165) is 0 Å². The quantitative estimate of drug-likeness (QED) is 0.838. The van der Waals surface area contributed by atoms with Crippen LogP contribution >= 0.6 is 0 Å². The Balaban J connectivity index is 2.27. The van der Waals surface area contributed by atoms with Crippen LogP contribution in [0.15, 0.2) is 30.3 Å². The number of nitrogens with one attached hydrogen (secondary N) is 1. The number of hydrogen-bond donors (Lipinski definition) is 2. The van der Waals surface area contributed by atoms with Crippen LogP contribution in [-0.2, 0) is 5.54 Å². The fraction of sp³-hybridized carbons (Fsp3) is 0.625. The molecule has 1 aromatic carbocycles. The number of aliphatic hydroxyl groups is 1. The summed E-state index contributed by atoms with van der Waals surface area (Å²) in [7, 11) is 0. The Kier molecular flexibility index (Phi) is 4.41. The van der Waals surface area contributed by atoms with Gasteiger partial charge in [0.15, 0.2) is 0 Å². The second kappa shape index (κ2) is 5.85. The van der Waals surface area contributed by atoms with Gasteiger partial charge >= 0.3 is 0 Å². The average molecular weight is 247 g/mol. The molecule has 1 atom stereocenters. The SMILES string of the molecule is CC(C)C(CO)(NC1CCCC1)c1ccccc1. The monoisotopic (exact) mass is 247 g/mol. The van der Waals surface area contributed by atoms with Crippen LogP contribution in [0.25, 0.3) is 0 Å². The van der Waals surface area contributed by atoms with E-state index in [1.54, 1.807) is 0 Å². The van der Waals surface area contributed by atoms with Gasteiger partial charge in [0, 0.05) is 6.04 Å². The molecule has 1 unspecified atom stereocenters. The lowest BCUT2D eigenvalue weighted by atomic mass is 9.79. The van der Waals surface area contributed by atoms with Crippen molar-refractivity contribution in [2.45, 2.75) is 51.1 Å². The van der Waals surface area contributed by atoms with Crippen molar-refractivity contribution in [1.29, 1.82) is 0 Å². The lowest BCUT2D eigenvalue weighted by Gasteiger charge is -2.40. The van der Waals surface area contributed by atoms with Crippen LogP contribution in [0.4, 0.5) is 0 Å². The van der Waals surface area contributed by atoms with Crippen molar-refractivity contribution in [1.82, 2.24) is 5.32 Å². The molecule has 2 rings (SSSR count). The van der Waals surface area contributed by atoms with Crippen molar-refractivity contribution >= 4 is 0 Å². The summed E-state index contributed by atoms with van der Waals surface area (Å²) in [6.07, 6.45) is 5.10. The zero-order valence-corrected chi connectivity index (χ0v) is 11.5. The Morgan fingerprint density at radius 2 is 1.83 bits per heavy atom. The standard InChI is InChI=1S/C16H25NO/c1-13(2)16(12-18,14-8-4-3-5-9-14)17-15-10-6-7-11-15/h3-5,8-9,13,15,17-18H,6-7,10-12H2,1-2H3. The van der Waals surface area contributed by atoms with E-state index in [9.17, 15) is 5.11 Å². The second-order valence-electron chi connectivity index (χ2n) is 5.78. The number of aliphatic hydroxyl groups excluding tert-OH is 1. The van der Waals surface area contributed by atoms with Crippen LogP contribution in [0.3, 0.4) is 0 Å². The molecule has 100 valence electrons. The molecule has 0 bridgehead atoms. The maximum atomic E-state index is 10.00. The summed E-state index contributed by atoms with van der Waals surface area (Å²) in [5.74, 6) is 0.366. The third kappa shape index (κ3) is 2.60. The molecule has 0 aromatic heterocycles. The smallest absolute Gasteiger partial charge is 0.0694 e. The third-order valence-corrected chi connectivity index (χ3v) is 4.34. The van der Waals surface area contributed by atoms with E-state index < -0.39 is 0 Å². The van der Waals surface area contributed by atoms with Crippen molar-refractivity contribution in [3.63, 3.8) is 0 Å². The molecule has 0 heterocycles. The van der Waals surface area contributed by atoms with Gasteiger partial charge in [0.1, 0.15) is 0 Å². The minimum absolute atomic E-state index is 0.158. The molecule has 2 nitrogen and oxygen atoms in total. The minimum atomic E-state index is -0.295. The largest absolute Gasteiger partial charge is 0.394 e. The van der Waals surface area contributed by atoms with Gasteiger partial charge < -0.3 is 10.4 Å². The van der Waals surface area contributed by atoms with E-state index in [-0.39, 0.29) is 12.1 Å². The highest BCUT2D eigenvalue weighted by Crippen LogP contribution is 2.32. The molecule has 0 aliphatic heterocycles. The summed E-state index contributed by atoms with van der Waals surface area (Å²) in [6.45, 7) is 4.53. The second-order valence-corrected chi connectivity index (χ2v) is 5.78. The Bertz CT molecular complexity index is 357. The highest BCUT2D eigenvalue weighted by Gasteiger charge is 2.37. The van der Waals surface area contributed by atoms with Crippen molar-refractivity contribution in [2.75, 3.05) is 6.61 Å². The predicted octanol–water partition coefficient (Wildman–Crippen LogP) is 3.06. The summed E-state index contributed by atoms with van der Waals surface area (Å²) >= 11 is 0. The van der Waals surface area contributed by atoms with E-state index in [1.807, 2.05) is 6.07 Å². The van der Waals surface area contributed by atoms with Gasteiger partial charge in [-0.1, -0.05) is 57.0 Å². The molecule has 1 aromatic rings. The summed E-state index contributed by atoms with van der Waals surface area (Å²) < 4.78 is 0. The molecule has 18 heavy (non-hydrogen) atoms. The van der Waals surface area contributed by atoms with Gasteiger partial charge in [-0.2, -0.15) is 0 Å². The molecule has 1 aliphatic rings. The molecule has 0 saturated heterocycles. The molecule has 2 N–H and O–H groups in total. The molecule has 0 radical (unpaired) electrons. The van der Waals surface area contributed by atoms with E-state index >= 15 is 0 Å². The molecule has 1 aliphatic carbocycles. The van der Waals surface area contributed by atoms with Gasteiger partial charge in [-0.15, -0.1) is 0 Å². The van der Waals surface area contributed by atoms with Crippen LogP contribution in [0.2, 0.25) is 0 Å². The third-order valence-electron chi connectivity index (χ3n) is 4.34. The normalized spacial score (nSPS) is 20.2. The first-order valence-corrected chi connectivity index (χ1v) is 7.13. The Hall–Kier alpha value is -0.860. The fourth-order valence-corrected chi connectivity index (χ4v) is 3.07. The molecule has 1 saturated carbocycles. The van der Waals surface area contributed by atoms with Crippen LogP contribution in [0, 0.1) is 5.92 Å². The zero-order chi connectivity index (χ0) is 13.0. The molecule has 0 spiro atoms. The average Bonchev–Trinajstić information content (AvgIpc) is 2.89. The van der Waals surface area contributed by atoms with Crippen LogP contribution in [0.5, 0.6) is 0 Å². The highest BCUT2D eigenvalue weighted by atomic mass is 16.3. The number of hydrogen-bond acceptors (Lipinski definition) is 2. The van der Waals surface area contributed by atoms with Crippen LogP contribution < -0.4 is 5.32 Å². The lowest BCUT2D eigenvalue weighted by molar-refractivity contribution is 0.103. The minimum Gasteiger partial charge on any atom is -0.394 e. The first-order valence-electron chi connectivity index (χ1n) is 7.13. The van der Waals surface area contributed by atoms with Gasteiger partial charge in [0.2, 0.25) is 0 Å². The highest BCUT2D eigenvalue weighted by molar-refractivity contribution is 5.26. The van der Waals surface area contributed by atoms with E-state index in [2.05, 4.69) is 43.4 Å². The van der Waals surface area contributed by atoms with Gasteiger partial charge in [0.25, 0.3) is 0 Å². The molecular formula is C16H25NO. The van der Waals surface area contributed by atoms with Crippen LogP contribution in [-0.4, -0.2) is 17.8 Å². The van der Waals surface area contributed by atoms with Crippen molar-refractivity contribution in [3.05, 3.63) is 35.9 Å². The van der Waals surface area contributed by atoms with Crippen molar-refractivity contribution < 1.29 is 5.11 Å². The first kappa shape index (κ1) is 13.6. The van der Waals surface area contributed by atoms with Gasteiger partial charge in [-0.25, -0.2) is 0 Å². The first-order chi connectivity index (χ1) is 8.69. The molecular weight excluding hydrogens is 222 g/mol. The zero-order valence-electron chi connectivity index (χ0n) is 11.5. The van der Waals surface area contributed by atoms with E-state index in [4.69, 9.17) is 0 Å². The summed E-state index contributed by atoms with van der Waals surface area (Å²) in [6, 6.07) is 10.9. The summed E-state index contributed by atoms with van der Waals surface area (Å²) in [4.78, 5) is 0. The number of rotatable bonds is 5. The lowest BCUT2D eigenvalue weighted by Crippen LogP contribution is -2.53. The van der Waals surface area contributed by atoms with Gasteiger partial charge in [0.05, 0.1) is 12.1 Å². The summed E-state index contributed by atoms with van der Waals surface area (Å²) in [5, 5.41) is 13.7. The maximum Gasteiger partial charge on any atom is 0.0694 e. The molecule has 2 heteroatoms. The topological polar surface area (TPSA) is 32.3 Å². The Morgan fingerprint density at radius 1 is 1.22 bits per heavy atom. The van der Waals surface area contributed by atoms with E-state index in [1.165, 1.54) is 31.2 Å². The fourth-order valence-electron chi connectivity index (χ4n) is 3.07. The molecule has 0 amide bonds. The van der Waals surface area contributed by atoms with Crippen LogP contribution in [0.1, 0.15) is 45.1 Å². The Morgan fingerprint density at radius 3 is 2.33 bits per heavy atom. The molecule has 1 fully saturated rings. The number of benzene rings is 1. The van der Waals surface area contributed by atoms with Gasteiger partial charge in [-0.05, 0) is 24.3 Å². The van der Waals surface area contributed by atoms with E-state index in [0.29, 0.717) is 12.0 Å². The summed E-state index contributed by atoms with van der Waals surface area (Å²) in [5.41, 5.74) is 0.908. The maximum absolute atomic E-state index is 10.00. The Labute approximate surface area is 110 Å². The van der Waals surface area contributed by atoms with Crippen molar-refractivity contribution in [3.8, 4) is 0 Å².